The van der Waals surface area contributed by atoms with Crippen LogP contribution in [0.4, 0.5) is 0 Å². The number of Topliss-reactive ketones (excluding diaryl/α,β-unsaturated/α-hetero) is 1. The maximum atomic E-state index is 12.2. The fourth-order valence-electron chi connectivity index (χ4n) is 2.45. The van der Waals surface area contributed by atoms with E-state index < -0.39 is 41.0 Å². The van der Waals surface area contributed by atoms with Crippen LogP contribution in [-0.4, -0.2) is 42.5 Å². The van der Waals surface area contributed by atoms with Crippen molar-refractivity contribution >= 4 is 5.78 Å². The molecular weight excluding hydrogens is 372 g/mol. The molecule has 3 rings (SSSR count). The number of rotatable bonds is 1. The largest absolute Gasteiger partial charge is 2.00 e. The second-order valence-electron chi connectivity index (χ2n) is 5.09. The zero-order valence-corrected chi connectivity index (χ0v) is 12.7. The van der Waals surface area contributed by atoms with Crippen molar-refractivity contribution in [3.63, 3.8) is 0 Å². The topological polar surface area (TPSA) is 148 Å². The van der Waals surface area contributed by atoms with E-state index in [-0.39, 0.29) is 39.7 Å². The van der Waals surface area contributed by atoms with Crippen LogP contribution in [0.2, 0.25) is 0 Å². The van der Waals surface area contributed by atoms with Gasteiger partial charge in [-0.25, -0.2) is 0 Å². The number of carbonyl (C=O) groups excluding carboxylic acids is 1. The van der Waals surface area contributed by atoms with E-state index in [1.165, 1.54) is 0 Å². The third-order valence-corrected chi connectivity index (χ3v) is 3.54. The second-order valence-corrected chi connectivity index (χ2v) is 5.09. The van der Waals surface area contributed by atoms with Gasteiger partial charge >= 0.3 is 17.1 Å². The van der Waals surface area contributed by atoms with Crippen molar-refractivity contribution in [2.45, 2.75) is 12.2 Å². The standard InChI is InChI=1S/C15H12O8.Cu/c16-6-3-7(17)11-10(4-6)23-15(14(22)13(11)21)5-1-8(18)12(20)9(19)2-5;/h1-4,14-20,22H;/q;+2/t14-,15+;/m0./s1. The number of ketones is 1. The van der Waals surface area contributed by atoms with Crippen molar-refractivity contribution in [3.05, 3.63) is 35.4 Å². The Labute approximate surface area is 145 Å². The number of hydrogen-bond donors (Lipinski definition) is 6. The smallest absolute Gasteiger partial charge is 0.508 e. The fraction of sp³-hybridized carbons (Fsp3) is 0.133. The molecule has 0 fully saturated rings. The van der Waals surface area contributed by atoms with Crippen LogP contribution in [0.5, 0.6) is 34.5 Å². The summed E-state index contributed by atoms with van der Waals surface area (Å²) in [6.07, 6.45) is -3.03. The van der Waals surface area contributed by atoms with Gasteiger partial charge in [0.1, 0.15) is 22.8 Å². The molecule has 0 spiro atoms. The number of phenols is 5. The molecule has 0 saturated heterocycles. The molecule has 9 heteroatoms. The van der Waals surface area contributed by atoms with Gasteiger partial charge < -0.3 is 35.4 Å². The van der Waals surface area contributed by atoms with Gasteiger partial charge in [-0.15, -0.1) is 0 Å². The van der Waals surface area contributed by atoms with Crippen LogP contribution in [0.3, 0.4) is 0 Å². The third kappa shape index (κ3) is 2.69. The Morgan fingerprint density at radius 3 is 2.04 bits per heavy atom. The molecule has 2 aromatic carbocycles. The van der Waals surface area contributed by atoms with Crippen molar-refractivity contribution in [2.24, 2.45) is 0 Å². The minimum Gasteiger partial charge on any atom is -0.508 e. The van der Waals surface area contributed by atoms with E-state index in [1.807, 2.05) is 0 Å². The van der Waals surface area contributed by atoms with E-state index in [1.54, 1.807) is 0 Å². The van der Waals surface area contributed by atoms with Crippen LogP contribution in [-0.2, 0) is 17.1 Å². The number of hydrogen-bond acceptors (Lipinski definition) is 8. The van der Waals surface area contributed by atoms with Crippen molar-refractivity contribution < 1.29 is 57.2 Å². The maximum Gasteiger partial charge on any atom is 2.00 e. The molecule has 0 saturated carbocycles. The molecule has 1 aliphatic heterocycles. The van der Waals surface area contributed by atoms with Crippen LogP contribution in [0, 0.1) is 0 Å². The molecule has 1 aliphatic rings. The van der Waals surface area contributed by atoms with E-state index in [4.69, 9.17) is 4.74 Å². The zero-order chi connectivity index (χ0) is 16.9. The van der Waals surface area contributed by atoms with Crippen molar-refractivity contribution in [2.75, 3.05) is 0 Å². The summed E-state index contributed by atoms with van der Waals surface area (Å²) in [5.74, 6) is -3.96. The number of benzene rings is 2. The maximum absolute atomic E-state index is 12.2. The summed E-state index contributed by atoms with van der Waals surface area (Å²) < 4.78 is 5.42. The van der Waals surface area contributed by atoms with Crippen LogP contribution in [0.1, 0.15) is 22.0 Å². The number of phenolic OH excluding ortho intramolecular Hbond substituents is 5. The number of carbonyl (C=O) groups is 1. The molecule has 0 bridgehead atoms. The Balaban J connectivity index is 0.00000208. The normalized spacial score (nSPS) is 19.1. The first-order valence-corrected chi connectivity index (χ1v) is 6.49. The first-order chi connectivity index (χ1) is 10.8. The fourth-order valence-corrected chi connectivity index (χ4v) is 2.45. The van der Waals surface area contributed by atoms with Crippen molar-refractivity contribution in [3.8, 4) is 34.5 Å². The minimum atomic E-state index is -1.72. The Morgan fingerprint density at radius 2 is 1.46 bits per heavy atom. The third-order valence-electron chi connectivity index (χ3n) is 3.54. The Morgan fingerprint density at radius 1 is 0.875 bits per heavy atom. The molecule has 2 atom stereocenters. The summed E-state index contributed by atoms with van der Waals surface area (Å²) in [5.41, 5.74) is -0.258. The molecule has 1 radical (unpaired) electrons. The zero-order valence-electron chi connectivity index (χ0n) is 11.8. The average Bonchev–Trinajstić information content (AvgIpc) is 2.47. The van der Waals surface area contributed by atoms with Crippen LogP contribution >= 0.6 is 0 Å². The van der Waals surface area contributed by atoms with E-state index >= 15 is 0 Å². The van der Waals surface area contributed by atoms with Crippen molar-refractivity contribution in [1.82, 2.24) is 0 Å². The van der Waals surface area contributed by atoms with Crippen LogP contribution in [0.15, 0.2) is 24.3 Å². The predicted octanol–water partition coefficient (Wildman–Crippen LogP) is 0.889. The van der Waals surface area contributed by atoms with Gasteiger partial charge in [0.15, 0.2) is 29.5 Å². The Kier molecular flexibility index (Phi) is 4.52. The van der Waals surface area contributed by atoms with Gasteiger partial charge in [0.05, 0.1) is 0 Å². The Bertz CT molecular complexity index is 796. The van der Waals surface area contributed by atoms with Crippen LogP contribution < -0.4 is 4.74 Å². The number of fused-ring (bicyclic) bond motifs is 1. The summed E-state index contributed by atoms with van der Waals surface area (Å²) in [6, 6.07) is 4.06. The van der Waals surface area contributed by atoms with Gasteiger partial charge in [-0.3, -0.25) is 4.79 Å². The number of aliphatic hydroxyl groups excluding tert-OH is 1. The summed E-state index contributed by atoms with van der Waals surface area (Å²) in [6.45, 7) is 0. The van der Waals surface area contributed by atoms with Gasteiger partial charge in [0.2, 0.25) is 5.78 Å². The van der Waals surface area contributed by atoms with Crippen LogP contribution in [0.25, 0.3) is 0 Å². The molecule has 0 aliphatic carbocycles. The van der Waals surface area contributed by atoms with Gasteiger partial charge in [-0.1, -0.05) is 0 Å². The van der Waals surface area contributed by atoms with Gasteiger partial charge in [0.25, 0.3) is 0 Å². The van der Waals surface area contributed by atoms with Gasteiger partial charge in [-0.05, 0) is 12.1 Å². The molecule has 0 unspecified atom stereocenters. The summed E-state index contributed by atoms with van der Waals surface area (Å²) in [7, 11) is 0. The SMILES string of the molecule is O=C1c2c(O)cc(O)cc2O[C@H](c2cc(O)c(O)c(O)c2)[C@H]1O.[Cu+2]. The summed E-state index contributed by atoms with van der Waals surface area (Å²) in [5, 5.41) is 57.7. The summed E-state index contributed by atoms with van der Waals surface area (Å²) in [4.78, 5) is 12.2. The molecule has 0 aromatic heterocycles. The number of aromatic hydroxyl groups is 5. The van der Waals surface area contributed by atoms with E-state index in [2.05, 4.69) is 0 Å². The molecular formula is C15H12CuO8+2. The van der Waals surface area contributed by atoms with Crippen molar-refractivity contribution in [1.29, 1.82) is 0 Å². The summed E-state index contributed by atoms with van der Waals surface area (Å²) >= 11 is 0. The quantitative estimate of drug-likeness (QED) is 0.314. The van der Waals surface area contributed by atoms with E-state index in [0.717, 1.165) is 24.3 Å². The molecule has 8 nitrogen and oxygen atoms in total. The number of aliphatic hydroxyl groups is 1. The Hall–Kier alpha value is -2.61. The van der Waals surface area contributed by atoms with E-state index in [9.17, 15) is 35.4 Å². The monoisotopic (exact) mass is 383 g/mol. The first kappa shape index (κ1) is 17.7. The molecule has 129 valence electrons. The predicted molar refractivity (Wildman–Crippen MR) is 74.9 cm³/mol. The molecule has 24 heavy (non-hydrogen) atoms. The molecule has 0 amide bonds. The number of ether oxygens (including phenoxy) is 1. The minimum absolute atomic E-state index is 0. The molecule has 1 heterocycles. The van der Waals surface area contributed by atoms with Gasteiger partial charge in [0, 0.05) is 17.7 Å². The first-order valence-electron chi connectivity index (χ1n) is 6.49. The van der Waals surface area contributed by atoms with Gasteiger partial charge in [-0.2, -0.15) is 0 Å². The van der Waals surface area contributed by atoms with E-state index in [0.29, 0.717) is 0 Å². The second kappa shape index (κ2) is 6.12. The molecule has 2 aromatic rings. The molecule has 6 N–H and O–H groups in total. The average molecular weight is 384 g/mol.